The zero-order valence-electron chi connectivity index (χ0n) is 35.6. The fraction of sp³-hybridized carbons (Fsp3) is 0.133. The maximum Gasteiger partial charge on any atom is 0.0555 e. The molecule has 0 saturated heterocycles. The Morgan fingerprint density at radius 1 is 0.562 bits per heavy atom. The van der Waals surface area contributed by atoms with E-state index in [0.717, 1.165) is 38.5 Å². The van der Waals surface area contributed by atoms with Crippen molar-refractivity contribution < 1.29 is 0 Å². The number of thiophene rings is 1. The van der Waals surface area contributed by atoms with Gasteiger partial charge in [-0.3, -0.25) is 0 Å². The zero-order chi connectivity index (χ0) is 42.1. The fourth-order valence-electron chi connectivity index (χ4n) is 10.9. The van der Waals surface area contributed by atoms with E-state index >= 15 is 0 Å². The van der Waals surface area contributed by atoms with Gasteiger partial charge in [-0.15, -0.1) is 11.3 Å². The summed E-state index contributed by atoms with van der Waals surface area (Å²) in [5.74, 6) is 0.509. The summed E-state index contributed by atoms with van der Waals surface area (Å²) in [6, 6.07) is 50.0. The van der Waals surface area contributed by atoms with Gasteiger partial charge in [0.05, 0.1) is 11.0 Å². The van der Waals surface area contributed by atoms with Crippen LogP contribution in [0.3, 0.4) is 0 Å². The number of hydrogen-bond donors (Lipinski definition) is 0. The number of nitrogens with zero attached hydrogens (tertiary/aromatic N) is 2. The topological polar surface area (TPSA) is 8.17 Å². The van der Waals surface area contributed by atoms with Crippen LogP contribution in [0.5, 0.6) is 0 Å². The number of para-hydroxylation sites is 2. The summed E-state index contributed by atoms with van der Waals surface area (Å²) in [6.45, 7) is 0. The van der Waals surface area contributed by atoms with Crippen molar-refractivity contribution in [1.82, 2.24) is 4.57 Å². The van der Waals surface area contributed by atoms with Crippen LogP contribution >= 0.6 is 23.1 Å². The summed E-state index contributed by atoms with van der Waals surface area (Å²) in [6.07, 6.45) is 28.9. The van der Waals surface area contributed by atoms with Gasteiger partial charge in [-0.05, 0) is 143 Å². The zero-order valence-corrected chi connectivity index (χ0v) is 37.3. The molecule has 4 heteroatoms. The number of thioether (sulfide) groups is 1. The first kappa shape index (κ1) is 37.9. The first-order chi connectivity index (χ1) is 31.7. The number of anilines is 2. The summed E-state index contributed by atoms with van der Waals surface area (Å²) >= 11 is 4.01. The van der Waals surface area contributed by atoms with Gasteiger partial charge < -0.3 is 9.47 Å². The smallest absolute Gasteiger partial charge is 0.0555 e. The lowest BCUT2D eigenvalue weighted by atomic mass is 9.85. The molecule has 1 aliphatic heterocycles. The second-order valence-corrected chi connectivity index (χ2v) is 19.8. The molecule has 64 heavy (non-hydrogen) atoms. The molecule has 308 valence electrons. The largest absolute Gasteiger partial charge is 0.314 e. The molecule has 0 saturated carbocycles. The quantitative estimate of drug-likeness (QED) is 0.158. The fourth-order valence-corrected chi connectivity index (χ4v) is 13.8. The molecule has 0 spiro atoms. The number of benzene rings is 6. The first-order valence-corrected chi connectivity index (χ1v) is 24.6. The van der Waals surface area contributed by atoms with Crippen molar-refractivity contribution in [1.29, 1.82) is 0 Å². The highest BCUT2D eigenvalue weighted by Crippen LogP contribution is 2.55. The molecule has 0 amide bonds. The van der Waals surface area contributed by atoms with E-state index in [9.17, 15) is 0 Å². The van der Waals surface area contributed by atoms with Crippen LogP contribution in [0, 0.1) is 5.92 Å². The lowest BCUT2D eigenvalue weighted by molar-refractivity contribution is 0.771. The Kier molecular flexibility index (Phi) is 9.24. The standard InChI is InChI=1S/C60H46N2S2/c1-3-13-39(14-4-1)40-25-31-44(32-26-40)61(45-33-27-41(28-34-45)47-19-11-21-50-49-17-8-10-24-56(49)63-58(47)50)46-35-29-42(30-36-46)48-20-12-22-51-52-37-38-55-57(60(52)64-59(48)51)53-18-7-9-23-54(53)62(55)43-15-5-2-6-16-43/h2-3,5-9,11-20,22-23,25-29,31-35,37-38,50H,1,4,10,21,24,30,36H2. The molecular weight excluding hydrogens is 813 g/mol. The van der Waals surface area contributed by atoms with E-state index < -0.39 is 0 Å². The van der Waals surface area contributed by atoms with Crippen LogP contribution in [-0.2, 0) is 0 Å². The summed E-state index contributed by atoms with van der Waals surface area (Å²) in [7, 11) is 0. The third kappa shape index (κ3) is 6.22. The Morgan fingerprint density at radius 2 is 1.34 bits per heavy atom. The number of allylic oxidation sites excluding steroid dienone is 16. The monoisotopic (exact) mass is 858 g/mol. The second kappa shape index (κ2) is 15.6. The maximum absolute atomic E-state index is 2.50. The Hall–Kier alpha value is -6.59. The van der Waals surface area contributed by atoms with E-state index in [-0.39, 0.29) is 0 Å². The van der Waals surface area contributed by atoms with Crippen LogP contribution in [0.25, 0.3) is 64.4 Å². The van der Waals surface area contributed by atoms with E-state index in [1.807, 2.05) is 23.1 Å². The molecule has 0 N–H and O–H groups in total. The molecular formula is C60H46N2S2. The Labute approximate surface area is 382 Å². The molecule has 2 aromatic heterocycles. The van der Waals surface area contributed by atoms with Crippen molar-refractivity contribution in [2.75, 3.05) is 4.90 Å². The summed E-state index contributed by atoms with van der Waals surface area (Å²) in [4.78, 5) is 5.62. The molecule has 8 aromatic rings. The molecule has 0 bridgehead atoms. The van der Waals surface area contributed by atoms with E-state index in [1.165, 1.54) is 109 Å². The van der Waals surface area contributed by atoms with Crippen molar-refractivity contribution >= 4 is 93.2 Å². The van der Waals surface area contributed by atoms with E-state index in [0.29, 0.717) is 5.92 Å². The predicted molar refractivity (Wildman–Crippen MR) is 277 cm³/mol. The molecule has 6 aromatic carbocycles. The van der Waals surface area contributed by atoms with Crippen molar-refractivity contribution in [2.45, 2.75) is 44.9 Å². The van der Waals surface area contributed by atoms with Crippen LogP contribution in [0.1, 0.15) is 61.6 Å². The van der Waals surface area contributed by atoms with Crippen LogP contribution in [0.2, 0.25) is 0 Å². The Bertz CT molecular complexity index is 3470. The highest BCUT2D eigenvalue weighted by molar-refractivity contribution is 8.07. The van der Waals surface area contributed by atoms with Gasteiger partial charge >= 0.3 is 0 Å². The highest BCUT2D eigenvalue weighted by Gasteiger charge is 2.33. The molecule has 0 radical (unpaired) electrons. The summed E-state index contributed by atoms with van der Waals surface area (Å²) < 4.78 is 5.17. The van der Waals surface area contributed by atoms with Gasteiger partial charge in [0.2, 0.25) is 0 Å². The van der Waals surface area contributed by atoms with Gasteiger partial charge in [0, 0.05) is 64.5 Å². The Morgan fingerprint density at radius 3 is 2.16 bits per heavy atom. The molecule has 1 unspecified atom stereocenters. The molecule has 13 rings (SSSR count). The average Bonchev–Trinajstić information content (AvgIpc) is 4.05. The van der Waals surface area contributed by atoms with E-state index in [2.05, 4.69) is 198 Å². The third-order valence-electron chi connectivity index (χ3n) is 14.0. The maximum atomic E-state index is 2.50. The molecule has 1 atom stereocenters. The normalized spacial score (nSPS) is 18.2. The third-order valence-corrected chi connectivity index (χ3v) is 16.7. The summed E-state index contributed by atoms with van der Waals surface area (Å²) in [5.41, 5.74) is 17.0. The van der Waals surface area contributed by atoms with Crippen molar-refractivity contribution in [2.24, 2.45) is 5.92 Å². The molecule has 2 nitrogen and oxygen atoms in total. The average molecular weight is 859 g/mol. The number of rotatable bonds is 7. The number of aromatic nitrogens is 1. The van der Waals surface area contributed by atoms with Gasteiger partial charge in [0.25, 0.3) is 0 Å². The second-order valence-electron chi connectivity index (χ2n) is 17.6. The van der Waals surface area contributed by atoms with Gasteiger partial charge in [-0.1, -0.05) is 145 Å². The van der Waals surface area contributed by atoms with Crippen molar-refractivity contribution in [3.05, 3.63) is 226 Å². The molecule has 3 heterocycles. The highest BCUT2D eigenvalue weighted by atomic mass is 32.2. The number of hydrogen-bond acceptors (Lipinski definition) is 3. The van der Waals surface area contributed by atoms with Crippen LogP contribution in [0.4, 0.5) is 11.4 Å². The van der Waals surface area contributed by atoms with E-state index in [4.69, 9.17) is 0 Å². The van der Waals surface area contributed by atoms with Gasteiger partial charge in [0.1, 0.15) is 0 Å². The lowest BCUT2D eigenvalue weighted by Gasteiger charge is -2.30. The minimum absolute atomic E-state index is 0.509. The van der Waals surface area contributed by atoms with Crippen molar-refractivity contribution in [3.63, 3.8) is 0 Å². The molecule has 4 aliphatic carbocycles. The minimum atomic E-state index is 0.509. The lowest BCUT2D eigenvalue weighted by Crippen LogP contribution is -2.18. The van der Waals surface area contributed by atoms with Crippen LogP contribution in [0.15, 0.2) is 209 Å². The molecule has 0 fully saturated rings. The number of fused-ring (bicyclic) bond motifs is 9. The SMILES string of the molecule is C1=CC(c2ccc(N(C3=CC=C(c4cccc5c4sc4c5ccc5c4c4ccccc4n5-c4ccccc4)CC3)c3ccc(C4=C5SC6=C(C=CCC6)C5CC=C4)cc3)cc2)=CCC1. The first-order valence-electron chi connectivity index (χ1n) is 22.9. The van der Waals surface area contributed by atoms with Gasteiger partial charge in [0.15, 0.2) is 0 Å². The van der Waals surface area contributed by atoms with E-state index in [1.54, 1.807) is 10.5 Å². The summed E-state index contributed by atoms with van der Waals surface area (Å²) in [5, 5.41) is 5.33. The predicted octanol–water partition coefficient (Wildman–Crippen LogP) is 17.4. The molecule has 5 aliphatic rings. The van der Waals surface area contributed by atoms with Crippen LogP contribution < -0.4 is 4.90 Å². The Balaban J connectivity index is 0.889. The minimum Gasteiger partial charge on any atom is -0.314 e. The van der Waals surface area contributed by atoms with Gasteiger partial charge in [-0.2, -0.15) is 0 Å². The van der Waals surface area contributed by atoms with Gasteiger partial charge in [-0.25, -0.2) is 0 Å². The van der Waals surface area contributed by atoms with Crippen LogP contribution in [-0.4, -0.2) is 4.57 Å². The van der Waals surface area contributed by atoms with Crippen molar-refractivity contribution in [3.8, 4) is 5.69 Å².